The Kier molecular flexibility index (Phi) is 6.26. The number of nitrogens with one attached hydrogen (secondary N) is 2. The molecule has 0 spiro atoms. The van der Waals surface area contributed by atoms with Crippen molar-refractivity contribution < 1.29 is 8.42 Å². The second-order valence-electron chi connectivity index (χ2n) is 6.24. The van der Waals surface area contributed by atoms with Crippen LogP contribution < -0.4 is 10.0 Å². The van der Waals surface area contributed by atoms with E-state index in [0.717, 1.165) is 45.1 Å². The molecule has 0 radical (unpaired) electrons. The summed E-state index contributed by atoms with van der Waals surface area (Å²) in [6, 6.07) is 0.146. The summed E-state index contributed by atoms with van der Waals surface area (Å²) in [6.45, 7) is 2.22. The van der Waals surface area contributed by atoms with Gasteiger partial charge in [-0.3, -0.25) is 0 Å². The average molecular weight is 303 g/mol. The molecular formula is C14H29N3O2S. The second-order valence-corrected chi connectivity index (χ2v) is 7.94. The van der Waals surface area contributed by atoms with Gasteiger partial charge in [-0.1, -0.05) is 25.7 Å². The minimum Gasteiger partial charge on any atom is -0.319 e. The summed E-state index contributed by atoms with van der Waals surface area (Å²) < 4.78 is 29.6. The minimum absolute atomic E-state index is 0.146. The highest BCUT2D eigenvalue weighted by atomic mass is 32.2. The molecule has 0 amide bonds. The van der Waals surface area contributed by atoms with E-state index >= 15 is 0 Å². The van der Waals surface area contributed by atoms with E-state index in [0.29, 0.717) is 19.0 Å². The van der Waals surface area contributed by atoms with E-state index in [1.54, 1.807) is 4.31 Å². The van der Waals surface area contributed by atoms with Gasteiger partial charge in [0.15, 0.2) is 0 Å². The Morgan fingerprint density at radius 2 is 1.75 bits per heavy atom. The molecule has 2 rings (SSSR count). The fraction of sp³-hybridized carbons (Fsp3) is 1.00. The van der Waals surface area contributed by atoms with Gasteiger partial charge in [-0.05, 0) is 45.2 Å². The molecular weight excluding hydrogens is 274 g/mol. The standard InChI is InChI=1S/C14H29N3O2S/c1-15-11-13-7-6-10-17(12-13)20(18,19)16-14-8-4-2-3-5-9-14/h13-16H,2-12H2,1H3. The molecule has 2 N–H and O–H groups in total. The first-order valence-electron chi connectivity index (χ1n) is 8.04. The summed E-state index contributed by atoms with van der Waals surface area (Å²) in [7, 11) is -1.37. The molecule has 2 fully saturated rings. The van der Waals surface area contributed by atoms with Crippen molar-refractivity contribution in [2.75, 3.05) is 26.7 Å². The van der Waals surface area contributed by atoms with Crippen LogP contribution in [-0.4, -0.2) is 45.4 Å². The quantitative estimate of drug-likeness (QED) is 0.756. The largest absolute Gasteiger partial charge is 0.319 e. The summed E-state index contributed by atoms with van der Waals surface area (Å²) in [4.78, 5) is 0. The Hall–Kier alpha value is -0.170. The van der Waals surface area contributed by atoms with Gasteiger partial charge in [0.05, 0.1) is 0 Å². The Bertz CT molecular complexity index is 376. The molecule has 1 aliphatic heterocycles. The van der Waals surface area contributed by atoms with Crippen LogP contribution in [-0.2, 0) is 10.2 Å². The lowest BCUT2D eigenvalue weighted by atomic mass is 10.00. The molecule has 1 saturated carbocycles. The molecule has 0 aromatic rings. The van der Waals surface area contributed by atoms with E-state index in [9.17, 15) is 8.42 Å². The van der Waals surface area contributed by atoms with Crippen molar-refractivity contribution in [3.63, 3.8) is 0 Å². The van der Waals surface area contributed by atoms with Gasteiger partial charge in [-0.25, -0.2) is 0 Å². The molecule has 1 unspecified atom stereocenters. The molecule has 6 heteroatoms. The van der Waals surface area contributed by atoms with Crippen molar-refractivity contribution in [2.45, 2.75) is 57.4 Å². The van der Waals surface area contributed by atoms with Gasteiger partial charge in [-0.2, -0.15) is 17.4 Å². The van der Waals surface area contributed by atoms with Gasteiger partial charge in [0, 0.05) is 19.1 Å². The monoisotopic (exact) mass is 303 g/mol. The first-order valence-corrected chi connectivity index (χ1v) is 9.48. The number of hydrogen-bond donors (Lipinski definition) is 2. The molecule has 118 valence electrons. The molecule has 0 aromatic heterocycles. The number of hydrogen-bond acceptors (Lipinski definition) is 3. The summed E-state index contributed by atoms with van der Waals surface area (Å²) in [5.41, 5.74) is 0. The number of piperidine rings is 1. The summed E-state index contributed by atoms with van der Waals surface area (Å²) in [6.07, 6.45) is 8.86. The highest BCUT2D eigenvalue weighted by molar-refractivity contribution is 7.87. The number of nitrogens with zero attached hydrogens (tertiary/aromatic N) is 1. The van der Waals surface area contributed by atoms with Crippen LogP contribution >= 0.6 is 0 Å². The Morgan fingerprint density at radius 3 is 2.40 bits per heavy atom. The minimum atomic E-state index is -3.29. The SMILES string of the molecule is CNCC1CCCN(S(=O)(=O)NC2CCCCCC2)C1. The summed E-state index contributed by atoms with van der Waals surface area (Å²) in [5.74, 6) is 0.444. The lowest BCUT2D eigenvalue weighted by molar-refractivity contribution is 0.259. The zero-order valence-corrected chi connectivity index (χ0v) is 13.4. The maximum absolute atomic E-state index is 12.5. The van der Waals surface area contributed by atoms with E-state index in [4.69, 9.17) is 0 Å². The van der Waals surface area contributed by atoms with Gasteiger partial charge in [0.1, 0.15) is 0 Å². The van der Waals surface area contributed by atoms with Crippen LogP contribution in [0.3, 0.4) is 0 Å². The Labute approximate surface area is 123 Å². The van der Waals surface area contributed by atoms with Gasteiger partial charge in [-0.15, -0.1) is 0 Å². The van der Waals surface area contributed by atoms with E-state index in [-0.39, 0.29) is 6.04 Å². The predicted molar refractivity (Wildman–Crippen MR) is 81.8 cm³/mol. The van der Waals surface area contributed by atoms with Crippen LogP contribution in [0.25, 0.3) is 0 Å². The van der Waals surface area contributed by atoms with Crippen molar-refractivity contribution in [1.29, 1.82) is 0 Å². The summed E-state index contributed by atoms with van der Waals surface area (Å²) >= 11 is 0. The van der Waals surface area contributed by atoms with E-state index in [2.05, 4.69) is 10.0 Å². The fourth-order valence-corrected chi connectivity index (χ4v) is 4.97. The molecule has 1 saturated heterocycles. The van der Waals surface area contributed by atoms with Crippen LogP contribution in [0.2, 0.25) is 0 Å². The van der Waals surface area contributed by atoms with Crippen LogP contribution in [0.4, 0.5) is 0 Å². The van der Waals surface area contributed by atoms with Crippen LogP contribution in [0.5, 0.6) is 0 Å². The Morgan fingerprint density at radius 1 is 1.05 bits per heavy atom. The van der Waals surface area contributed by atoms with E-state index < -0.39 is 10.2 Å². The predicted octanol–water partition coefficient (Wildman–Crippen LogP) is 1.47. The molecule has 1 atom stereocenters. The highest BCUT2D eigenvalue weighted by Gasteiger charge is 2.30. The third-order valence-corrected chi connectivity index (χ3v) is 6.13. The van der Waals surface area contributed by atoms with E-state index in [1.807, 2.05) is 7.05 Å². The smallest absolute Gasteiger partial charge is 0.279 e. The molecule has 5 nitrogen and oxygen atoms in total. The first-order chi connectivity index (χ1) is 9.62. The summed E-state index contributed by atoms with van der Waals surface area (Å²) in [5, 5.41) is 3.16. The van der Waals surface area contributed by atoms with Crippen molar-refractivity contribution in [2.24, 2.45) is 5.92 Å². The van der Waals surface area contributed by atoms with Crippen LogP contribution in [0.1, 0.15) is 51.4 Å². The normalized spacial score (nSPS) is 27.4. The molecule has 1 aliphatic carbocycles. The maximum atomic E-state index is 12.5. The molecule has 2 aliphatic rings. The number of rotatable bonds is 5. The molecule has 0 bridgehead atoms. The Balaban J connectivity index is 1.91. The third kappa shape index (κ3) is 4.69. The van der Waals surface area contributed by atoms with Crippen molar-refractivity contribution in [3.05, 3.63) is 0 Å². The zero-order valence-electron chi connectivity index (χ0n) is 12.6. The van der Waals surface area contributed by atoms with Gasteiger partial charge >= 0.3 is 0 Å². The van der Waals surface area contributed by atoms with Gasteiger partial charge in [0.25, 0.3) is 10.2 Å². The van der Waals surface area contributed by atoms with Gasteiger partial charge < -0.3 is 5.32 Å². The first kappa shape index (κ1) is 16.2. The lowest BCUT2D eigenvalue weighted by Crippen LogP contribution is -2.50. The molecule has 20 heavy (non-hydrogen) atoms. The molecule has 0 aromatic carbocycles. The van der Waals surface area contributed by atoms with Crippen molar-refractivity contribution in [3.8, 4) is 0 Å². The highest BCUT2D eigenvalue weighted by Crippen LogP contribution is 2.21. The third-order valence-electron chi connectivity index (χ3n) is 4.49. The lowest BCUT2D eigenvalue weighted by Gasteiger charge is -2.33. The fourth-order valence-electron chi connectivity index (χ4n) is 3.38. The maximum Gasteiger partial charge on any atom is 0.279 e. The van der Waals surface area contributed by atoms with E-state index in [1.165, 1.54) is 12.8 Å². The topological polar surface area (TPSA) is 61.4 Å². The van der Waals surface area contributed by atoms with Crippen molar-refractivity contribution >= 4 is 10.2 Å². The van der Waals surface area contributed by atoms with Crippen LogP contribution in [0.15, 0.2) is 0 Å². The van der Waals surface area contributed by atoms with Crippen LogP contribution in [0, 0.1) is 5.92 Å². The average Bonchev–Trinajstić information content (AvgIpc) is 2.68. The second kappa shape index (κ2) is 7.73. The zero-order chi connectivity index (χ0) is 14.4. The molecule has 1 heterocycles. The van der Waals surface area contributed by atoms with Gasteiger partial charge in [0.2, 0.25) is 0 Å². The van der Waals surface area contributed by atoms with Crippen molar-refractivity contribution in [1.82, 2.24) is 14.3 Å².